The van der Waals surface area contributed by atoms with Crippen molar-refractivity contribution in [2.24, 2.45) is 5.10 Å². The zero-order chi connectivity index (χ0) is 19.1. The van der Waals surface area contributed by atoms with Crippen LogP contribution >= 0.6 is 15.9 Å². The third kappa shape index (κ3) is 5.32. The lowest BCUT2D eigenvalue weighted by Gasteiger charge is -2.05. The number of aromatic nitrogens is 1. The van der Waals surface area contributed by atoms with Crippen LogP contribution in [0.4, 0.5) is 0 Å². The summed E-state index contributed by atoms with van der Waals surface area (Å²) in [4.78, 5) is 27.8. The number of ether oxygens (including phenoxy) is 1. The molecule has 1 aromatic heterocycles. The van der Waals surface area contributed by atoms with E-state index in [0.29, 0.717) is 16.9 Å². The van der Waals surface area contributed by atoms with E-state index in [2.05, 4.69) is 31.4 Å². The molecule has 3 rings (SSSR count). The smallest absolute Gasteiger partial charge is 0.343 e. The van der Waals surface area contributed by atoms with Gasteiger partial charge >= 0.3 is 5.97 Å². The van der Waals surface area contributed by atoms with E-state index in [9.17, 15) is 9.59 Å². The number of hydrogen-bond acceptors (Lipinski definition) is 5. The molecule has 134 valence electrons. The van der Waals surface area contributed by atoms with Crippen LogP contribution < -0.4 is 10.2 Å². The minimum atomic E-state index is -0.437. The highest BCUT2D eigenvalue weighted by molar-refractivity contribution is 9.10. The van der Waals surface area contributed by atoms with Gasteiger partial charge in [-0.15, -0.1) is 0 Å². The number of carbonyl (C=O) groups is 2. The van der Waals surface area contributed by atoms with E-state index in [1.165, 1.54) is 18.6 Å². The van der Waals surface area contributed by atoms with Crippen molar-refractivity contribution in [2.45, 2.75) is 0 Å². The molecule has 0 spiro atoms. The van der Waals surface area contributed by atoms with Crippen molar-refractivity contribution in [3.63, 3.8) is 0 Å². The maximum Gasteiger partial charge on any atom is 0.343 e. The molecule has 0 unspecified atom stereocenters. The van der Waals surface area contributed by atoms with Crippen LogP contribution in [0.15, 0.2) is 82.6 Å². The lowest BCUT2D eigenvalue weighted by Crippen LogP contribution is -2.17. The highest BCUT2D eigenvalue weighted by Gasteiger charge is 2.08. The van der Waals surface area contributed by atoms with Crippen LogP contribution in [0.25, 0.3) is 0 Å². The van der Waals surface area contributed by atoms with Gasteiger partial charge in [0.05, 0.1) is 11.8 Å². The van der Waals surface area contributed by atoms with Crippen LogP contribution in [0.3, 0.4) is 0 Å². The molecule has 6 nitrogen and oxygen atoms in total. The van der Waals surface area contributed by atoms with Gasteiger partial charge < -0.3 is 4.74 Å². The normalized spacial score (nSPS) is 10.6. The van der Waals surface area contributed by atoms with E-state index < -0.39 is 5.97 Å². The molecule has 1 heterocycles. The van der Waals surface area contributed by atoms with Gasteiger partial charge in [-0.05, 0) is 66.2 Å². The van der Waals surface area contributed by atoms with Gasteiger partial charge in [0.1, 0.15) is 5.75 Å². The second kappa shape index (κ2) is 8.86. The number of nitrogens with one attached hydrogen (secondary N) is 1. The predicted molar refractivity (Wildman–Crippen MR) is 105 cm³/mol. The van der Waals surface area contributed by atoms with Crippen molar-refractivity contribution in [1.29, 1.82) is 0 Å². The highest BCUT2D eigenvalue weighted by Crippen LogP contribution is 2.15. The minimum Gasteiger partial charge on any atom is -0.423 e. The highest BCUT2D eigenvalue weighted by atomic mass is 79.9. The molecule has 0 fully saturated rings. The molecule has 7 heteroatoms. The van der Waals surface area contributed by atoms with Crippen LogP contribution in [-0.4, -0.2) is 23.1 Å². The number of benzene rings is 2. The Morgan fingerprint density at radius 3 is 2.26 bits per heavy atom. The molecule has 0 aliphatic rings. The summed E-state index contributed by atoms with van der Waals surface area (Å²) in [6, 6.07) is 16.9. The maximum absolute atomic E-state index is 12.1. The standard InChI is InChI=1S/C20H14BrN3O3/c21-17-5-3-16(4-6-17)20(26)27-18-7-1-14(2-8-18)13-23-24-19(25)15-9-11-22-12-10-15/h1-13H,(H,24,25)/b23-13+. The number of hydrazone groups is 1. The molecule has 0 atom stereocenters. The first-order chi connectivity index (χ1) is 13.1. The Morgan fingerprint density at radius 1 is 0.926 bits per heavy atom. The molecule has 0 aliphatic heterocycles. The quantitative estimate of drug-likeness (QED) is 0.292. The van der Waals surface area contributed by atoms with Crippen molar-refractivity contribution in [1.82, 2.24) is 10.4 Å². The molecule has 0 radical (unpaired) electrons. The summed E-state index contributed by atoms with van der Waals surface area (Å²) in [7, 11) is 0. The Bertz CT molecular complexity index is 956. The number of rotatable bonds is 5. The minimum absolute atomic E-state index is 0.325. The van der Waals surface area contributed by atoms with Crippen LogP contribution in [0.5, 0.6) is 5.75 Å². The zero-order valence-electron chi connectivity index (χ0n) is 14.0. The van der Waals surface area contributed by atoms with Crippen molar-refractivity contribution in [2.75, 3.05) is 0 Å². The molecule has 0 saturated carbocycles. The summed E-state index contributed by atoms with van der Waals surface area (Å²) in [5.74, 6) is -0.344. The predicted octanol–water partition coefficient (Wildman–Crippen LogP) is 3.83. The van der Waals surface area contributed by atoms with E-state index in [1.54, 1.807) is 60.7 Å². The number of amides is 1. The van der Waals surface area contributed by atoms with E-state index in [1.807, 2.05) is 0 Å². The summed E-state index contributed by atoms with van der Waals surface area (Å²) in [6.07, 6.45) is 4.57. The van der Waals surface area contributed by atoms with Gasteiger partial charge in [-0.25, -0.2) is 10.2 Å². The first-order valence-electron chi connectivity index (χ1n) is 7.93. The molecule has 2 aromatic carbocycles. The number of carbonyl (C=O) groups excluding carboxylic acids is 2. The Labute approximate surface area is 164 Å². The van der Waals surface area contributed by atoms with Crippen LogP contribution in [0.1, 0.15) is 26.3 Å². The second-order valence-corrected chi connectivity index (χ2v) is 6.32. The molecular weight excluding hydrogens is 410 g/mol. The number of pyridine rings is 1. The fourth-order valence-electron chi connectivity index (χ4n) is 2.11. The van der Waals surface area contributed by atoms with E-state index >= 15 is 0 Å². The zero-order valence-corrected chi connectivity index (χ0v) is 15.6. The Kier molecular flexibility index (Phi) is 6.06. The molecule has 1 amide bonds. The van der Waals surface area contributed by atoms with Gasteiger partial charge in [0.25, 0.3) is 5.91 Å². The van der Waals surface area contributed by atoms with Crippen molar-refractivity contribution < 1.29 is 14.3 Å². The maximum atomic E-state index is 12.1. The molecule has 27 heavy (non-hydrogen) atoms. The SMILES string of the molecule is O=C(N/N=C/c1ccc(OC(=O)c2ccc(Br)cc2)cc1)c1ccncc1. The van der Waals surface area contributed by atoms with Gasteiger partial charge in [-0.3, -0.25) is 9.78 Å². The molecular formula is C20H14BrN3O3. The monoisotopic (exact) mass is 423 g/mol. The van der Waals surface area contributed by atoms with E-state index in [4.69, 9.17) is 4.74 Å². The largest absolute Gasteiger partial charge is 0.423 e. The summed E-state index contributed by atoms with van der Waals surface area (Å²) in [5, 5.41) is 3.91. The fraction of sp³-hybridized carbons (Fsp3) is 0. The number of esters is 1. The second-order valence-electron chi connectivity index (χ2n) is 5.40. The number of hydrogen-bond donors (Lipinski definition) is 1. The average molecular weight is 424 g/mol. The van der Waals surface area contributed by atoms with E-state index in [-0.39, 0.29) is 5.91 Å². The third-order valence-corrected chi connectivity index (χ3v) is 4.02. The summed E-state index contributed by atoms with van der Waals surface area (Å²) in [6.45, 7) is 0. The Balaban J connectivity index is 1.56. The summed E-state index contributed by atoms with van der Waals surface area (Å²) < 4.78 is 6.21. The molecule has 3 aromatic rings. The lowest BCUT2D eigenvalue weighted by molar-refractivity contribution is 0.0734. The number of nitrogens with zero attached hydrogens (tertiary/aromatic N) is 2. The summed E-state index contributed by atoms with van der Waals surface area (Å²) >= 11 is 3.32. The Hall–Kier alpha value is -3.32. The van der Waals surface area contributed by atoms with Gasteiger partial charge in [-0.2, -0.15) is 5.10 Å². The number of halogens is 1. The van der Waals surface area contributed by atoms with Gasteiger partial charge in [0.2, 0.25) is 0 Å². The summed E-state index contributed by atoms with van der Waals surface area (Å²) in [5.41, 5.74) is 4.11. The van der Waals surface area contributed by atoms with Crippen LogP contribution in [-0.2, 0) is 0 Å². The molecule has 1 N–H and O–H groups in total. The molecule has 0 aliphatic carbocycles. The fourth-order valence-corrected chi connectivity index (χ4v) is 2.37. The van der Waals surface area contributed by atoms with Gasteiger partial charge in [-0.1, -0.05) is 15.9 Å². The first-order valence-corrected chi connectivity index (χ1v) is 8.72. The van der Waals surface area contributed by atoms with E-state index in [0.717, 1.165) is 10.0 Å². The lowest BCUT2D eigenvalue weighted by atomic mass is 10.2. The van der Waals surface area contributed by atoms with Gasteiger partial charge in [0, 0.05) is 22.4 Å². The van der Waals surface area contributed by atoms with Crippen molar-refractivity contribution in [3.05, 3.63) is 94.2 Å². The van der Waals surface area contributed by atoms with Crippen molar-refractivity contribution in [3.8, 4) is 5.75 Å². The van der Waals surface area contributed by atoms with Crippen LogP contribution in [0.2, 0.25) is 0 Å². The van der Waals surface area contributed by atoms with Crippen LogP contribution in [0, 0.1) is 0 Å². The third-order valence-electron chi connectivity index (χ3n) is 3.49. The average Bonchev–Trinajstić information content (AvgIpc) is 2.70. The molecule has 0 bridgehead atoms. The van der Waals surface area contributed by atoms with Crippen molar-refractivity contribution >= 4 is 34.0 Å². The molecule has 0 saturated heterocycles. The van der Waals surface area contributed by atoms with Gasteiger partial charge in [0.15, 0.2) is 0 Å². The topological polar surface area (TPSA) is 80.6 Å². The first kappa shape index (κ1) is 18.5. The Morgan fingerprint density at radius 2 is 1.59 bits per heavy atom.